The molecule has 1 saturated carbocycles. The van der Waals surface area contributed by atoms with Crippen LogP contribution in [-0.4, -0.2) is 17.1 Å². The van der Waals surface area contributed by atoms with E-state index in [1.165, 1.54) is 24.1 Å². The fraction of sp³-hybridized carbons (Fsp3) is 0.667. The molecule has 0 unspecified atom stereocenters. The molecule has 98 valence electrons. The van der Waals surface area contributed by atoms with Gasteiger partial charge in [-0.25, -0.2) is 9.78 Å². The van der Waals surface area contributed by atoms with Crippen LogP contribution in [0.5, 0.6) is 0 Å². The standard InChI is InChI=1S/C12H18N4OS/c17-11(14-8-4-2-1-3-5-8)16-12-15-9-6-13-7-10(9)18-12/h8,13H,1-7H2,(H2,14,15,16,17). The molecule has 1 aliphatic heterocycles. The lowest BCUT2D eigenvalue weighted by molar-refractivity contribution is 0.244. The topological polar surface area (TPSA) is 66.0 Å². The van der Waals surface area contributed by atoms with E-state index in [-0.39, 0.29) is 6.03 Å². The summed E-state index contributed by atoms with van der Waals surface area (Å²) in [7, 11) is 0. The minimum Gasteiger partial charge on any atom is -0.335 e. The van der Waals surface area contributed by atoms with Gasteiger partial charge in [-0.15, -0.1) is 0 Å². The number of nitrogens with one attached hydrogen (secondary N) is 3. The van der Waals surface area contributed by atoms with Crippen molar-refractivity contribution in [3.8, 4) is 0 Å². The average molecular weight is 266 g/mol. The van der Waals surface area contributed by atoms with Crippen LogP contribution in [0.15, 0.2) is 0 Å². The number of carbonyl (C=O) groups is 1. The van der Waals surface area contributed by atoms with E-state index in [1.807, 2.05) is 0 Å². The normalized spacial score (nSPS) is 19.6. The molecule has 2 heterocycles. The third-order valence-electron chi connectivity index (χ3n) is 3.52. The van der Waals surface area contributed by atoms with Crippen molar-refractivity contribution in [1.82, 2.24) is 15.6 Å². The van der Waals surface area contributed by atoms with E-state index in [9.17, 15) is 4.79 Å². The Morgan fingerprint density at radius 3 is 2.89 bits per heavy atom. The van der Waals surface area contributed by atoms with Crippen LogP contribution in [0.25, 0.3) is 0 Å². The molecule has 0 aromatic carbocycles. The Morgan fingerprint density at radius 2 is 2.11 bits per heavy atom. The zero-order valence-corrected chi connectivity index (χ0v) is 11.1. The molecule has 1 aromatic heterocycles. The molecular weight excluding hydrogens is 248 g/mol. The molecular formula is C12H18N4OS. The fourth-order valence-corrected chi connectivity index (χ4v) is 3.52. The van der Waals surface area contributed by atoms with E-state index in [1.54, 1.807) is 11.3 Å². The van der Waals surface area contributed by atoms with E-state index < -0.39 is 0 Å². The van der Waals surface area contributed by atoms with Gasteiger partial charge in [0, 0.05) is 24.0 Å². The van der Waals surface area contributed by atoms with Crippen LogP contribution in [0.3, 0.4) is 0 Å². The highest BCUT2D eigenvalue weighted by molar-refractivity contribution is 7.15. The van der Waals surface area contributed by atoms with Crippen molar-refractivity contribution >= 4 is 22.5 Å². The third kappa shape index (κ3) is 2.64. The largest absolute Gasteiger partial charge is 0.335 e. The SMILES string of the molecule is O=C(Nc1nc2c(s1)CNC2)NC1CCCCC1. The highest BCUT2D eigenvalue weighted by Crippen LogP contribution is 2.26. The molecule has 3 N–H and O–H groups in total. The second-order valence-electron chi connectivity index (χ2n) is 4.93. The van der Waals surface area contributed by atoms with Crippen molar-refractivity contribution in [2.45, 2.75) is 51.2 Å². The summed E-state index contributed by atoms with van der Waals surface area (Å²) < 4.78 is 0. The van der Waals surface area contributed by atoms with E-state index >= 15 is 0 Å². The van der Waals surface area contributed by atoms with Gasteiger partial charge in [0.1, 0.15) is 0 Å². The Labute approximate surface area is 110 Å². The predicted molar refractivity (Wildman–Crippen MR) is 71.7 cm³/mol. The lowest BCUT2D eigenvalue weighted by Crippen LogP contribution is -2.39. The number of thiazole rings is 1. The Hall–Kier alpha value is -1.14. The first kappa shape index (κ1) is 11.9. The van der Waals surface area contributed by atoms with Crippen molar-refractivity contribution in [3.05, 3.63) is 10.6 Å². The second kappa shape index (κ2) is 5.24. The molecule has 1 aliphatic carbocycles. The van der Waals surface area contributed by atoms with Crippen LogP contribution >= 0.6 is 11.3 Å². The van der Waals surface area contributed by atoms with Gasteiger partial charge in [0.15, 0.2) is 5.13 Å². The number of rotatable bonds is 2. The highest BCUT2D eigenvalue weighted by atomic mass is 32.1. The minimum absolute atomic E-state index is 0.109. The van der Waals surface area contributed by atoms with Gasteiger partial charge < -0.3 is 10.6 Å². The maximum absolute atomic E-state index is 11.8. The summed E-state index contributed by atoms with van der Waals surface area (Å²) in [5.74, 6) is 0. The van der Waals surface area contributed by atoms with E-state index in [2.05, 4.69) is 20.9 Å². The highest BCUT2D eigenvalue weighted by Gasteiger charge is 2.19. The van der Waals surface area contributed by atoms with Gasteiger partial charge in [0.05, 0.1) is 5.69 Å². The summed E-state index contributed by atoms with van der Waals surface area (Å²) in [6.07, 6.45) is 5.95. The van der Waals surface area contributed by atoms with Gasteiger partial charge in [-0.1, -0.05) is 30.6 Å². The number of carbonyl (C=O) groups excluding carboxylic acids is 1. The number of anilines is 1. The van der Waals surface area contributed by atoms with Crippen LogP contribution in [0.1, 0.15) is 42.7 Å². The third-order valence-corrected chi connectivity index (χ3v) is 4.53. The number of urea groups is 1. The number of aromatic nitrogens is 1. The Balaban J connectivity index is 1.53. The summed E-state index contributed by atoms with van der Waals surface area (Å²) in [5, 5.41) is 9.83. The first-order chi connectivity index (χ1) is 8.81. The summed E-state index contributed by atoms with van der Waals surface area (Å²) in [6.45, 7) is 1.69. The quantitative estimate of drug-likeness (QED) is 0.769. The lowest BCUT2D eigenvalue weighted by atomic mass is 9.96. The van der Waals surface area contributed by atoms with E-state index in [0.29, 0.717) is 6.04 Å². The fourth-order valence-electron chi connectivity index (χ4n) is 2.57. The Morgan fingerprint density at radius 1 is 1.28 bits per heavy atom. The number of amides is 2. The number of hydrogen-bond acceptors (Lipinski definition) is 4. The number of fused-ring (bicyclic) bond motifs is 1. The zero-order chi connectivity index (χ0) is 12.4. The van der Waals surface area contributed by atoms with Gasteiger partial charge in [-0.3, -0.25) is 5.32 Å². The minimum atomic E-state index is -0.109. The van der Waals surface area contributed by atoms with Crippen molar-refractivity contribution in [3.63, 3.8) is 0 Å². The Kier molecular flexibility index (Phi) is 3.47. The van der Waals surface area contributed by atoms with Crippen molar-refractivity contribution in [2.24, 2.45) is 0 Å². The van der Waals surface area contributed by atoms with Crippen LogP contribution in [-0.2, 0) is 13.1 Å². The van der Waals surface area contributed by atoms with Crippen LogP contribution in [0.4, 0.5) is 9.93 Å². The van der Waals surface area contributed by atoms with E-state index in [4.69, 9.17) is 0 Å². The molecule has 0 atom stereocenters. The molecule has 18 heavy (non-hydrogen) atoms. The molecule has 2 amide bonds. The van der Waals surface area contributed by atoms with Crippen LogP contribution in [0.2, 0.25) is 0 Å². The maximum Gasteiger partial charge on any atom is 0.321 e. The smallest absolute Gasteiger partial charge is 0.321 e. The van der Waals surface area contributed by atoms with Gasteiger partial charge in [0.2, 0.25) is 0 Å². The molecule has 2 aliphatic rings. The van der Waals surface area contributed by atoms with Crippen LogP contribution < -0.4 is 16.0 Å². The summed E-state index contributed by atoms with van der Waals surface area (Å²) >= 11 is 1.57. The molecule has 0 saturated heterocycles. The molecule has 3 rings (SSSR count). The maximum atomic E-state index is 11.8. The molecule has 5 nitrogen and oxygen atoms in total. The van der Waals surface area contributed by atoms with Crippen molar-refractivity contribution < 1.29 is 4.79 Å². The number of hydrogen-bond donors (Lipinski definition) is 3. The Bertz CT molecular complexity index is 418. The van der Waals surface area contributed by atoms with Crippen LogP contribution in [0, 0.1) is 0 Å². The second-order valence-corrected chi connectivity index (χ2v) is 6.01. The monoisotopic (exact) mass is 266 g/mol. The van der Waals surface area contributed by atoms with Gasteiger partial charge in [0.25, 0.3) is 0 Å². The number of nitrogens with zero attached hydrogens (tertiary/aromatic N) is 1. The molecule has 0 bridgehead atoms. The first-order valence-corrected chi connectivity index (χ1v) is 7.40. The molecule has 1 fully saturated rings. The lowest BCUT2D eigenvalue weighted by Gasteiger charge is -2.22. The summed E-state index contributed by atoms with van der Waals surface area (Å²) in [4.78, 5) is 17.5. The molecule has 6 heteroatoms. The molecule has 0 spiro atoms. The summed E-state index contributed by atoms with van der Waals surface area (Å²) in [5.41, 5.74) is 1.08. The molecule has 1 aromatic rings. The van der Waals surface area contributed by atoms with Crippen molar-refractivity contribution in [2.75, 3.05) is 5.32 Å². The summed E-state index contributed by atoms with van der Waals surface area (Å²) in [6, 6.07) is 0.231. The average Bonchev–Trinajstić information content (AvgIpc) is 2.90. The first-order valence-electron chi connectivity index (χ1n) is 6.58. The zero-order valence-electron chi connectivity index (χ0n) is 10.3. The molecule has 0 radical (unpaired) electrons. The van der Waals surface area contributed by atoms with Gasteiger partial charge in [-0.2, -0.15) is 0 Å². The van der Waals surface area contributed by atoms with Gasteiger partial charge in [-0.05, 0) is 12.8 Å². The predicted octanol–water partition coefficient (Wildman–Crippen LogP) is 2.20. The van der Waals surface area contributed by atoms with Gasteiger partial charge >= 0.3 is 6.03 Å². The van der Waals surface area contributed by atoms with E-state index in [0.717, 1.165) is 36.8 Å². The van der Waals surface area contributed by atoms with Crippen molar-refractivity contribution in [1.29, 1.82) is 0 Å².